The molecule has 1 N–H and O–H groups in total. The van der Waals surface area contributed by atoms with Crippen LogP contribution in [-0.2, 0) is 4.74 Å². The summed E-state index contributed by atoms with van der Waals surface area (Å²) in [6.45, 7) is 1.85. The summed E-state index contributed by atoms with van der Waals surface area (Å²) in [5.41, 5.74) is 1.14. The standard InChI is InChI=1S/C17H14N2O4S/c1-10-6-7-14(23-10)16-19-13(9-24-16)15(20)18-12-5-3-4-11(8-12)17(21)22-2/h3-9H,1-2H3,(H,18,20). The molecule has 0 unspecified atom stereocenters. The van der Waals surface area contributed by atoms with E-state index in [1.807, 2.05) is 19.1 Å². The second-order valence-corrected chi connectivity index (χ2v) is 5.83. The van der Waals surface area contributed by atoms with Gasteiger partial charge in [-0.05, 0) is 37.3 Å². The third kappa shape index (κ3) is 3.36. The number of carbonyl (C=O) groups excluding carboxylic acids is 2. The zero-order valence-corrected chi connectivity index (χ0v) is 13.8. The molecule has 122 valence electrons. The topological polar surface area (TPSA) is 81.4 Å². The van der Waals surface area contributed by atoms with E-state index in [0.717, 1.165) is 5.76 Å². The molecule has 0 aliphatic heterocycles. The number of esters is 1. The van der Waals surface area contributed by atoms with Crippen LogP contribution < -0.4 is 5.32 Å². The maximum atomic E-state index is 12.3. The number of rotatable bonds is 4. The van der Waals surface area contributed by atoms with Crippen LogP contribution in [-0.4, -0.2) is 24.0 Å². The Balaban J connectivity index is 1.76. The Morgan fingerprint density at radius 2 is 2.08 bits per heavy atom. The summed E-state index contributed by atoms with van der Waals surface area (Å²) in [4.78, 5) is 28.1. The van der Waals surface area contributed by atoms with Gasteiger partial charge in [0.25, 0.3) is 5.91 Å². The number of furan rings is 1. The number of nitrogens with one attached hydrogen (secondary N) is 1. The molecular weight excluding hydrogens is 328 g/mol. The van der Waals surface area contributed by atoms with Gasteiger partial charge in [0.05, 0.1) is 12.7 Å². The van der Waals surface area contributed by atoms with Gasteiger partial charge in [-0.2, -0.15) is 0 Å². The molecule has 0 aliphatic carbocycles. The van der Waals surface area contributed by atoms with Crippen molar-refractivity contribution in [2.24, 2.45) is 0 Å². The third-order valence-electron chi connectivity index (χ3n) is 3.23. The molecule has 2 aromatic heterocycles. The second kappa shape index (κ2) is 6.67. The molecule has 6 nitrogen and oxygen atoms in total. The molecule has 0 saturated carbocycles. The predicted molar refractivity (Wildman–Crippen MR) is 90.3 cm³/mol. The number of ether oxygens (including phenoxy) is 1. The number of methoxy groups -OCH3 is 1. The van der Waals surface area contributed by atoms with Gasteiger partial charge in [-0.1, -0.05) is 6.07 Å². The van der Waals surface area contributed by atoms with Crippen LogP contribution in [0.25, 0.3) is 10.8 Å². The highest BCUT2D eigenvalue weighted by Gasteiger charge is 2.15. The third-order valence-corrected chi connectivity index (χ3v) is 4.09. The number of amides is 1. The number of carbonyl (C=O) groups is 2. The van der Waals surface area contributed by atoms with E-state index >= 15 is 0 Å². The molecule has 0 saturated heterocycles. The van der Waals surface area contributed by atoms with Gasteiger partial charge in [0.1, 0.15) is 11.5 Å². The Kier molecular flexibility index (Phi) is 4.43. The maximum absolute atomic E-state index is 12.3. The molecule has 3 rings (SSSR count). The fourth-order valence-electron chi connectivity index (χ4n) is 2.08. The van der Waals surface area contributed by atoms with Crippen molar-refractivity contribution in [2.75, 3.05) is 12.4 Å². The van der Waals surface area contributed by atoms with E-state index in [1.165, 1.54) is 18.4 Å². The lowest BCUT2D eigenvalue weighted by Gasteiger charge is -2.05. The number of aromatic nitrogens is 1. The van der Waals surface area contributed by atoms with Gasteiger partial charge in [-0.25, -0.2) is 9.78 Å². The van der Waals surface area contributed by atoms with Crippen LogP contribution in [0.3, 0.4) is 0 Å². The number of aryl methyl sites for hydroxylation is 1. The fourth-order valence-corrected chi connectivity index (χ4v) is 2.84. The lowest BCUT2D eigenvalue weighted by molar-refractivity contribution is 0.0600. The number of hydrogen-bond donors (Lipinski definition) is 1. The maximum Gasteiger partial charge on any atom is 0.337 e. The molecule has 0 radical (unpaired) electrons. The molecule has 7 heteroatoms. The minimum atomic E-state index is -0.463. The van der Waals surface area contributed by atoms with E-state index in [1.54, 1.807) is 29.6 Å². The van der Waals surface area contributed by atoms with Crippen molar-refractivity contribution >= 4 is 28.9 Å². The summed E-state index contributed by atoms with van der Waals surface area (Å²) < 4.78 is 10.2. The normalized spacial score (nSPS) is 10.4. The van der Waals surface area contributed by atoms with Gasteiger partial charge < -0.3 is 14.5 Å². The number of thiazole rings is 1. The van der Waals surface area contributed by atoms with Gasteiger partial charge in [0.15, 0.2) is 10.8 Å². The number of hydrogen-bond acceptors (Lipinski definition) is 6. The Hall–Kier alpha value is -2.93. The summed E-state index contributed by atoms with van der Waals surface area (Å²) in [5.74, 6) is 0.591. The van der Waals surface area contributed by atoms with Crippen molar-refractivity contribution in [1.29, 1.82) is 0 Å². The molecule has 0 aliphatic rings. The van der Waals surface area contributed by atoms with Gasteiger partial charge in [0, 0.05) is 11.1 Å². The number of benzene rings is 1. The highest BCUT2D eigenvalue weighted by molar-refractivity contribution is 7.13. The minimum Gasteiger partial charge on any atom is -0.465 e. The molecule has 24 heavy (non-hydrogen) atoms. The smallest absolute Gasteiger partial charge is 0.337 e. The zero-order chi connectivity index (χ0) is 17.1. The fraction of sp³-hybridized carbons (Fsp3) is 0.118. The summed E-state index contributed by atoms with van der Waals surface area (Å²) in [6.07, 6.45) is 0. The Labute approximate surface area is 142 Å². The minimum absolute atomic E-state index is 0.285. The van der Waals surface area contributed by atoms with Crippen LogP contribution in [0, 0.1) is 6.92 Å². The molecule has 0 atom stereocenters. The average Bonchev–Trinajstić information content (AvgIpc) is 3.23. The van der Waals surface area contributed by atoms with Crippen LogP contribution in [0.2, 0.25) is 0 Å². The molecule has 3 aromatic rings. The van der Waals surface area contributed by atoms with Crippen LogP contribution >= 0.6 is 11.3 Å². The van der Waals surface area contributed by atoms with Crippen molar-refractivity contribution in [3.8, 4) is 10.8 Å². The van der Waals surface area contributed by atoms with Gasteiger partial charge in [-0.3, -0.25) is 4.79 Å². The van der Waals surface area contributed by atoms with E-state index in [-0.39, 0.29) is 11.6 Å². The quantitative estimate of drug-likeness (QED) is 0.730. The SMILES string of the molecule is COC(=O)c1cccc(NC(=O)c2csc(-c3ccc(C)o3)n2)c1. The highest BCUT2D eigenvalue weighted by Crippen LogP contribution is 2.26. The first-order valence-corrected chi connectivity index (χ1v) is 7.97. The van der Waals surface area contributed by atoms with E-state index in [4.69, 9.17) is 4.42 Å². The van der Waals surface area contributed by atoms with Crippen LogP contribution in [0.5, 0.6) is 0 Å². The number of anilines is 1. The van der Waals surface area contributed by atoms with Crippen molar-refractivity contribution < 1.29 is 18.7 Å². The second-order valence-electron chi connectivity index (χ2n) is 4.97. The lowest BCUT2D eigenvalue weighted by Crippen LogP contribution is -2.13. The molecule has 0 spiro atoms. The first-order valence-electron chi connectivity index (χ1n) is 7.09. The molecular formula is C17H14N2O4S. The molecule has 0 fully saturated rings. The van der Waals surface area contributed by atoms with Crippen molar-refractivity contribution in [1.82, 2.24) is 4.98 Å². The van der Waals surface area contributed by atoms with E-state index in [2.05, 4.69) is 15.0 Å². The monoisotopic (exact) mass is 342 g/mol. The Morgan fingerprint density at radius 1 is 1.25 bits per heavy atom. The first kappa shape index (κ1) is 15.9. The first-order chi connectivity index (χ1) is 11.6. The van der Waals surface area contributed by atoms with Crippen LogP contribution in [0.15, 0.2) is 46.2 Å². The summed E-state index contributed by atoms with van der Waals surface area (Å²) in [6, 6.07) is 10.2. The summed E-state index contributed by atoms with van der Waals surface area (Å²) in [7, 11) is 1.31. The Bertz CT molecular complexity index is 897. The summed E-state index contributed by atoms with van der Waals surface area (Å²) in [5, 5.41) is 5.01. The predicted octanol–water partition coefficient (Wildman–Crippen LogP) is 3.75. The van der Waals surface area contributed by atoms with Crippen LogP contribution in [0.4, 0.5) is 5.69 Å². The van der Waals surface area contributed by atoms with E-state index < -0.39 is 5.97 Å². The molecule has 1 amide bonds. The Morgan fingerprint density at radius 3 is 2.79 bits per heavy atom. The van der Waals surface area contributed by atoms with Crippen LogP contribution in [0.1, 0.15) is 26.6 Å². The van der Waals surface area contributed by atoms with Gasteiger partial charge in [0.2, 0.25) is 0 Å². The largest absolute Gasteiger partial charge is 0.465 e. The summed E-state index contributed by atoms with van der Waals surface area (Å²) >= 11 is 1.33. The van der Waals surface area contributed by atoms with E-state index in [9.17, 15) is 9.59 Å². The van der Waals surface area contributed by atoms with Gasteiger partial charge in [-0.15, -0.1) is 11.3 Å². The lowest BCUT2D eigenvalue weighted by atomic mass is 10.2. The number of nitrogens with zero attached hydrogens (tertiary/aromatic N) is 1. The molecule has 0 bridgehead atoms. The van der Waals surface area contributed by atoms with Gasteiger partial charge >= 0.3 is 5.97 Å². The van der Waals surface area contributed by atoms with Crippen molar-refractivity contribution in [3.05, 3.63) is 58.8 Å². The van der Waals surface area contributed by atoms with Crippen molar-refractivity contribution in [2.45, 2.75) is 6.92 Å². The molecule has 2 heterocycles. The molecule has 1 aromatic carbocycles. The zero-order valence-electron chi connectivity index (χ0n) is 13.0. The highest BCUT2D eigenvalue weighted by atomic mass is 32.1. The van der Waals surface area contributed by atoms with Crippen molar-refractivity contribution in [3.63, 3.8) is 0 Å². The average molecular weight is 342 g/mol. The van der Waals surface area contributed by atoms with E-state index in [0.29, 0.717) is 22.0 Å².